The van der Waals surface area contributed by atoms with Gasteiger partial charge in [0, 0.05) is 12.6 Å². The zero-order chi connectivity index (χ0) is 20.6. The van der Waals surface area contributed by atoms with Crippen molar-refractivity contribution in [3.05, 3.63) is 66.0 Å². The van der Waals surface area contributed by atoms with Gasteiger partial charge in [-0.1, -0.05) is 44.2 Å². The van der Waals surface area contributed by atoms with Gasteiger partial charge in [0.2, 0.25) is 0 Å². The van der Waals surface area contributed by atoms with E-state index >= 15 is 0 Å². The third-order valence-electron chi connectivity index (χ3n) is 5.16. The second-order valence-electron chi connectivity index (χ2n) is 7.29. The molecule has 2 aromatic carbocycles. The zero-order valence-corrected chi connectivity index (χ0v) is 18.4. The van der Waals surface area contributed by atoms with Gasteiger partial charge in [-0.2, -0.15) is 0 Å². The lowest BCUT2D eigenvalue weighted by Crippen LogP contribution is -2.33. The average Bonchev–Trinajstić information content (AvgIpc) is 3.30. The molecular formula is C22H30ClN5O2. The summed E-state index contributed by atoms with van der Waals surface area (Å²) in [7, 11) is 0. The molecule has 0 bridgehead atoms. The van der Waals surface area contributed by atoms with E-state index in [0.29, 0.717) is 12.5 Å². The van der Waals surface area contributed by atoms with Gasteiger partial charge in [-0.15, -0.1) is 17.5 Å². The highest BCUT2D eigenvalue weighted by molar-refractivity contribution is 5.85. The summed E-state index contributed by atoms with van der Waals surface area (Å²) < 4.78 is 7.52. The molecule has 0 saturated heterocycles. The number of aromatic nitrogens is 4. The standard InChI is InChI=1S/C22H29N5O2.ClH/c1-4-16(2)21-7-5-6-8-22(21)29-14-20(28)13-23-17(3)18-9-11-19(12-10-18)27-15-24-25-26-27;/h5-12,15-17,20,23,28H,4,13-14H2,1-3H3;1H. The van der Waals surface area contributed by atoms with Gasteiger partial charge < -0.3 is 15.2 Å². The van der Waals surface area contributed by atoms with Crippen LogP contribution in [0.15, 0.2) is 54.9 Å². The second-order valence-corrected chi connectivity index (χ2v) is 7.29. The van der Waals surface area contributed by atoms with Crippen LogP contribution in [0.4, 0.5) is 0 Å². The van der Waals surface area contributed by atoms with Gasteiger partial charge in [0.25, 0.3) is 0 Å². The minimum Gasteiger partial charge on any atom is -0.491 e. The predicted molar refractivity (Wildman–Crippen MR) is 119 cm³/mol. The van der Waals surface area contributed by atoms with Crippen molar-refractivity contribution in [3.8, 4) is 11.4 Å². The van der Waals surface area contributed by atoms with E-state index in [1.165, 1.54) is 5.56 Å². The Morgan fingerprint density at radius 2 is 1.83 bits per heavy atom. The van der Waals surface area contributed by atoms with Crippen molar-refractivity contribution < 1.29 is 9.84 Å². The Labute approximate surface area is 183 Å². The van der Waals surface area contributed by atoms with Crippen LogP contribution in [0, 0.1) is 0 Å². The van der Waals surface area contributed by atoms with Crippen LogP contribution in [0.25, 0.3) is 5.69 Å². The van der Waals surface area contributed by atoms with Crippen LogP contribution in [0.3, 0.4) is 0 Å². The minimum absolute atomic E-state index is 0. The lowest BCUT2D eigenvalue weighted by atomic mass is 9.98. The van der Waals surface area contributed by atoms with Crippen molar-refractivity contribution in [2.24, 2.45) is 0 Å². The first-order valence-corrected chi connectivity index (χ1v) is 10.0. The van der Waals surface area contributed by atoms with Crippen LogP contribution in [0.5, 0.6) is 5.75 Å². The van der Waals surface area contributed by atoms with Crippen LogP contribution in [0.2, 0.25) is 0 Å². The number of ether oxygens (including phenoxy) is 1. The number of halogens is 1. The average molecular weight is 432 g/mol. The normalized spacial score (nSPS) is 13.9. The smallest absolute Gasteiger partial charge is 0.143 e. The van der Waals surface area contributed by atoms with E-state index in [4.69, 9.17) is 4.74 Å². The Morgan fingerprint density at radius 3 is 2.50 bits per heavy atom. The van der Waals surface area contributed by atoms with Crippen LogP contribution < -0.4 is 10.1 Å². The molecule has 2 N–H and O–H groups in total. The maximum Gasteiger partial charge on any atom is 0.143 e. The number of hydrogen-bond acceptors (Lipinski definition) is 6. The fraction of sp³-hybridized carbons (Fsp3) is 0.409. The van der Waals surface area contributed by atoms with E-state index < -0.39 is 6.10 Å². The molecule has 3 aromatic rings. The van der Waals surface area contributed by atoms with Gasteiger partial charge in [0.15, 0.2) is 0 Å². The summed E-state index contributed by atoms with van der Waals surface area (Å²) in [5.74, 6) is 1.28. The van der Waals surface area contributed by atoms with Gasteiger partial charge in [-0.3, -0.25) is 0 Å². The molecule has 1 aromatic heterocycles. The Balaban J connectivity index is 0.00000320. The summed E-state index contributed by atoms with van der Waals surface area (Å²) in [5.41, 5.74) is 3.21. The molecule has 0 radical (unpaired) electrons. The molecule has 30 heavy (non-hydrogen) atoms. The Hall–Kier alpha value is -2.48. The highest BCUT2D eigenvalue weighted by atomic mass is 35.5. The van der Waals surface area contributed by atoms with Crippen LogP contribution in [-0.2, 0) is 0 Å². The number of rotatable bonds is 10. The zero-order valence-electron chi connectivity index (χ0n) is 17.6. The lowest BCUT2D eigenvalue weighted by Gasteiger charge is -2.20. The molecule has 0 aliphatic rings. The molecule has 0 saturated carbocycles. The number of nitrogens with one attached hydrogen (secondary N) is 1. The fourth-order valence-electron chi connectivity index (χ4n) is 3.11. The summed E-state index contributed by atoms with van der Waals surface area (Å²) in [6.07, 6.45) is 2.02. The number of nitrogens with zero attached hydrogens (tertiary/aromatic N) is 4. The monoisotopic (exact) mass is 431 g/mol. The number of benzene rings is 2. The topological polar surface area (TPSA) is 85.1 Å². The van der Waals surface area contributed by atoms with E-state index in [1.807, 2.05) is 42.5 Å². The molecule has 3 unspecified atom stereocenters. The summed E-state index contributed by atoms with van der Waals surface area (Å²) >= 11 is 0. The lowest BCUT2D eigenvalue weighted by molar-refractivity contribution is 0.103. The van der Waals surface area contributed by atoms with Gasteiger partial charge in [0.1, 0.15) is 24.8 Å². The second kappa shape index (κ2) is 11.6. The number of tetrazole rings is 1. The van der Waals surface area contributed by atoms with E-state index in [0.717, 1.165) is 23.4 Å². The molecule has 1 heterocycles. The first-order chi connectivity index (χ1) is 14.1. The Kier molecular flexibility index (Phi) is 9.23. The molecule has 3 atom stereocenters. The summed E-state index contributed by atoms with van der Waals surface area (Å²) in [5, 5.41) is 24.9. The maximum absolute atomic E-state index is 10.3. The van der Waals surface area contributed by atoms with E-state index in [2.05, 4.69) is 47.7 Å². The van der Waals surface area contributed by atoms with Gasteiger partial charge in [-0.05, 0) is 59.0 Å². The Bertz CT molecular complexity index is 873. The largest absolute Gasteiger partial charge is 0.491 e. The minimum atomic E-state index is -0.595. The highest BCUT2D eigenvalue weighted by Crippen LogP contribution is 2.28. The maximum atomic E-state index is 10.3. The number of para-hydroxylation sites is 1. The Morgan fingerprint density at radius 1 is 1.10 bits per heavy atom. The molecule has 0 aliphatic carbocycles. The summed E-state index contributed by atoms with van der Waals surface area (Å²) in [4.78, 5) is 0. The molecule has 0 amide bonds. The van der Waals surface area contributed by atoms with Crippen molar-refractivity contribution in [2.75, 3.05) is 13.2 Å². The summed E-state index contributed by atoms with van der Waals surface area (Å²) in [6.45, 7) is 7.12. The third-order valence-corrected chi connectivity index (χ3v) is 5.16. The molecular weight excluding hydrogens is 402 g/mol. The fourth-order valence-corrected chi connectivity index (χ4v) is 3.11. The molecule has 8 heteroatoms. The molecule has 0 spiro atoms. The van der Waals surface area contributed by atoms with Gasteiger partial charge in [-0.25, -0.2) is 4.68 Å². The van der Waals surface area contributed by atoms with Crippen molar-refractivity contribution in [1.82, 2.24) is 25.5 Å². The molecule has 0 aliphatic heterocycles. The van der Waals surface area contributed by atoms with Crippen LogP contribution >= 0.6 is 12.4 Å². The van der Waals surface area contributed by atoms with Crippen molar-refractivity contribution in [2.45, 2.75) is 45.3 Å². The SMILES string of the molecule is CCC(C)c1ccccc1OCC(O)CNC(C)c1ccc(-n2cnnn2)cc1.Cl. The highest BCUT2D eigenvalue weighted by Gasteiger charge is 2.13. The molecule has 7 nitrogen and oxygen atoms in total. The third kappa shape index (κ3) is 6.26. The number of aliphatic hydroxyl groups excluding tert-OH is 1. The number of aliphatic hydroxyl groups is 1. The van der Waals surface area contributed by atoms with Gasteiger partial charge >= 0.3 is 0 Å². The van der Waals surface area contributed by atoms with Crippen molar-refractivity contribution in [3.63, 3.8) is 0 Å². The van der Waals surface area contributed by atoms with Gasteiger partial charge in [0.05, 0.1) is 5.69 Å². The first kappa shape index (κ1) is 23.8. The van der Waals surface area contributed by atoms with Crippen LogP contribution in [0.1, 0.15) is 50.3 Å². The molecule has 162 valence electrons. The van der Waals surface area contributed by atoms with Crippen molar-refractivity contribution >= 4 is 12.4 Å². The summed E-state index contributed by atoms with van der Waals surface area (Å²) in [6, 6.07) is 16.1. The predicted octanol–water partition coefficient (Wildman–Crippen LogP) is 3.69. The van der Waals surface area contributed by atoms with E-state index in [-0.39, 0.29) is 25.1 Å². The quantitative estimate of drug-likeness (QED) is 0.509. The molecule has 0 fully saturated rings. The van der Waals surface area contributed by atoms with E-state index in [9.17, 15) is 5.11 Å². The molecule has 3 rings (SSSR count). The first-order valence-electron chi connectivity index (χ1n) is 10.0. The number of hydrogen-bond donors (Lipinski definition) is 2. The van der Waals surface area contributed by atoms with Crippen molar-refractivity contribution in [1.29, 1.82) is 0 Å². The van der Waals surface area contributed by atoms with E-state index in [1.54, 1.807) is 11.0 Å². The van der Waals surface area contributed by atoms with Crippen LogP contribution in [-0.4, -0.2) is 44.6 Å².